The second kappa shape index (κ2) is 6.51. The molecular weight excluding hydrogens is 262 g/mol. The lowest BCUT2D eigenvalue weighted by molar-refractivity contribution is -0.133. The molecule has 0 atom stereocenters. The maximum atomic E-state index is 12.3. The summed E-state index contributed by atoms with van der Waals surface area (Å²) in [4.78, 5) is 12.3. The Hall–Kier alpha value is -0.830. The van der Waals surface area contributed by atoms with E-state index in [1.165, 1.54) is 0 Å². The number of carbonyl (C=O) groups is 1. The van der Waals surface area contributed by atoms with Crippen molar-refractivity contribution in [2.75, 3.05) is 13.2 Å². The number of aliphatic hydroxyl groups excluding tert-OH is 1. The molecule has 0 heterocycles. The van der Waals surface area contributed by atoms with Crippen molar-refractivity contribution in [3.63, 3.8) is 0 Å². The molecule has 0 aromatic rings. The third kappa shape index (κ3) is 4.84. The summed E-state index contributed by atoms with van der Waals surface area (Å²) in [7, 11) is 0. The van der Waals surface area contributed by atoms with Crippen LogP contribution in [0.25, 0.3) is 0 Å². The van der Waals surface area contributed by atoms with Crippen LogP contribution in [0.2, 0.25) is 0 Å². The van der Waals surface area contributed by atoms with Gasteiger partial charge in [-0.05, 0) is 16.2 Å². The highest BCUT2D eigenvalue weighted by atomic mass is 16.3. The van der Waals surface area contributed by atoms with Gasteiger partial charge in [0.25, 0.3) is 0 Å². The molecule has 0 aromatic carbocycles. The zero-order valence-corrected chi connectivity index (χ0v) is 15.4. The van der Waals surface area contributed by atoms with E-state index < -0.39 is 5.41 Å². The van der Waals surface area contributed by atoms with E-state index in [1.54, 1.807) is 0 Å². The first kappa shape index (κ1) is 20.2. The van der Waals surface area contributed by atoms with E-state index in [1.807, 2.05) is 13.8 Å². The quantitative estimate of drug-likeness (QED) is 0.733. The lowest BCUT2D eigenvalue weighted by Crippen LogP contribution is -2.46. The topological polar surface area (TPSA) is 49.3 Å². The molecule has 21 heavy (non-hydrogen) atoms. The van der Waals surface area contributed by atoms with Crippen LogP contribution in [0, 0.1) is 21.7 Å². The molecule has 0 radical (unpaired) electrons. The highest BCUT2D eigenvalue weighted by molar-refractivity contribution is 5.83. The number of aliphatic hydroxyl groups is 1. The minimum Gasteiger partial charge on any atom is -0.395 e. The van der Waals surface area contributed by atoms with Crippen molar-refractivity contribution in [1.29, 1.82) is 0 Å². The number of rotatable bonds is 6. The van der Waals surface area contributed by atoms with Crippen LogP contribution in [0.4, 0.5) is 0 Å². The Balaban J connectivity index is 5.25. The van der Waals surface area contributed by atoms with Gasteiger partial charge in [-0.2, -0.15) is 0 Å². The number of hydrogen-bond donors (Lipinski definition) is 2. The third-order valence-corrected chi connectivity index (χ3v) is 5.43. The van der Waals surface area contributed by atoms with Gasteiger partial charge in [-0.25, -0.2) is 0 Å². The molecule has 0 saturated heterocycles. The Morgan fingerprint density at radius 2 is 1.33 bits per heavy atom. The molecule has 0 bridgehead atoms. The third-order valence-electron chi connectivity index (χ3n) is 5.43. The molecule has 0 aliphatic rings. The molecule has 0 rings (SSSR count). The van der Waals surface area contributed by atoms with Crippen molar-refractivity contribution in [3.05, 3.63) is 12.2 Å². The second-order valence-corrected chi connectivity index (χ2v) is 8.63. The Morgan fingerprint density at radius 3 is 1.71 bits per heavy atom. The van der Waals surface area contributed by atoms with Crippen molar-refractivity contribution in [2.45, 2.75) is 62.3 Å². The van der Waals surface area contributed by atoms with Gasteiger partial charge in [0.1, 0.15) is 0 Å². The molecule has 0 spiro atoms. The minimum absolute atomic E-state index is 0.0280. The molecule has 0 unspecified atom stereocenters. The first-order valence-corrected chi connectivity index (χ1v) is 7.78. The summed E-state index contributed by atoms with van der Waals surface area (Å²) in [6, 6.07) is 0. The fraction of sp³-hybridized carbons (Fsp3) is 0.833. The van der Waals surface area contributed by atoms with Crippen molar-refractivity contribution in [1.82, 2.24) is 5.32 Å². The van der Waals surface area contributed by atoms with E-state index in [4.69, 9.17) is 5.11 Å². The lowest BCUT2D eigenvalue weighted by atomic mass is 9.64. The molecule has 0 aliphatic heterocycles. The first-order valence-electron chi connectivity index (χ1n) is 7.78. The van der Waals surface area contributed by atoms with E-state index in [-0.39, 0.29) is 28.8 Å². The van der Waals surface area contributed by atoms with Crippen molar-refractivity contribution in [3.8, 4) is 0 Å². The summed E-state index contributed by atoms with van der Waals surface area (Å²) in [5.74, 6) is -0.0280. The molecule has 0 aromatic heterocycles. The fourth-order valence-corrected chi connectivity index (χ4v) is 1.56. The molecule has 124 valence electrons. The van der Waals surface area contributed by atoms with Gasteiger partial charge in [-0.3, -0.25) is 4.79 Å². The normalized spacial score (nSPS) is 14.6. The van der Waals surface area contributed by atoms with Gasteiger partial charge < -0.3 is 10.4 Å². The standard InChI is InChI=1S/C18H35NO2/c1-15(2,3)16(4,5)10-11-17(6,7)18(8,9)14(21)19-12-13-20/h10-11,20H,12-13H2,1-9H3,(H,19,21)/b11-10-. The van der Waals surface area contributed by atoms with Gasteiger partial charge in [0.05, 0.1) is 12.0 Å². The molecule has 0 fully saturated rings. The van der Waals surface area contributed by atoms with Crippen LogP contribution in [0.1, 0.15) is 62.3 Å². The van der Waals surface area contributed by atoms with E-state index in [0.717, 1.165) is 0 Å². The summed E-state index contributed by atoms with van der Waals surface area (Å²) in [6.07, 6.45) is 4.39. The van der Waals surface area contributed by atoms with Crippen LogP contribution in [-0.2, 0) is 4.79 Å². The number of allylic oxidation sites excluding steroid dienone is 2. The fourth-order valence-electron chi connectivity index (χ4n) is 1.56. The summed E-state index contributed by atoms with van der Waals surface area (Å²) in [5.41, 5.74) is -0.632. The minimum atomic E-state index is -0.549. The number of amides is 1. The number of hydrogen-bond acceptors (Lipinski definition) is 2. The average Bonchev–Trinajstić information content (AvgIpc) is 2.32. The number of carbonyl (C=O) groups excluding carboxylic acids is 1. The van der Waals surface area contributed by atoms with Gasteiger partial charge in [0.15, 0.2) is 0 Å². The highest BCUT2D eigenvalue weighted by Crippen LogP contribution is 2.44. The van der Waals surface area contributed by atoms with E-state index in [9.17, 15) is 4.79 Å². The van der Waals surface area contributed by atoms with E-state index in [2.05, 4.69) is 65.9 Å². The smallest absolute Gasteiger partial charge is 0.226 e. The van der Waals surface area contributed by atoms with Gasteiger partial charge in [0.2, 0.25) is 5.91 Å². The lowest BCUT2D eigenvalue weighted by Gasteiger charge is -2.41. The first-order chi connectivity index (χ1) is 9.19. The highest BCUT2D eigenvalue weighted by Gasteiger charge is 2.42. The Kier molecular flexibility index (Phi) is 6.26. The van der Waals surface area contributed by atoms with Crippen molar-refractivity contribution in [2.24, 2.45) is 21.7 Å². The van der Waals surface area contributed by atoms with Crippen LogP contribution in [-0.4, -0.2) is 24.2 Å². The van der Waals surface area contributed by atoms with Crippen LogP contribution in [0.3, 0.4) is 0 Å². The molecule has 0 saturated carbocycles. The summed E-state index contributed by atoms with van der Waals surface area (Å²) in [6.45, 7) is 19.5. The second-order valence-electron chi connectivity index (χ2n) is 8.63. The van der Waals surface area contributed by atoms with Crippen molar-refractivity contribution >= 4 is 5.91 Å². The van der Waals surface area contributed by atoms with Crippen LogP contribution in [0.15, 0.2) is 12.2 Å². The average molecular weight is 297 g/mol. The molecule has 1 amide bonds. The molecule has 2 N–H and O–H groups in total. The maximum Gasteiger partial charge on any atom is 0.226 e. The van der Waals surface area contributed by atoms with Crippen LogP contribution >= 0.6 is 0 Å². The predicted molar refractivity (Wildman–Crippen MR) is 90.0 cm³/mol. The largest absolute Gasteiger partial charge is 0.395 e. The SMILES string of the molecule is CC(C)(C)C(C)(C)/C=C\C(C)(C)C(C)(C)C(=O)NCCO. The molecule has 0 aliphatic carbocycles. The maximum absolute atomic E-state index is 12.3. The molecule has 3 heteroatoms. The predicted octanol–water partition coefficient (Wildman–Crippen LogP) is 3.78. The van der Waals surface area contributed by atoms with E-state index in [0.29, 0.717) is 6.54 Å². The molecular formula is C18H35NO2. The summed E-state index contributed by atoms with van der Waals surface area (Å²) >= 11 is 0. The zero-order valence-electron chi connectivity index (χ0n) is 15.4. The van der Waals surface area contributed by atoms with Crippen molar-refractivity contribution < 1.29 is 9.90 Å². The Labute approximate surface area is 131 Å². The Bertz CT molecular complexity index is 385. The monoisotopic (exact) mass is 297 g/mol. The van der Waals surface area contributed by atoms with Crippen LogP contribution < -0.4 is 5.32 Å². The Morgan fingerprint density at radius 1 is 0.905 bits per heavy atom. The van der Waals surface area contributed by atoms with Crippen LogP contribution in [0.5, 0.6) is 0 Å². The number of nitrogens with one attached hydrogen (secondary N) is 1. The van der Waals surface area contributed by atoms with Gasteiger partial charge >= 0.3 is 0 Å². The zero-order chi connectivity index (χ0) is 17.1. The van der Waals surface area contributed by atoms with E-state index >= 15 is 0 Å². The summed E-state index contributed by atoms with van der Waals surface area (Å²) < 4.78 is 0. The van der Waals surface area contributed by atoms with Gasteiger partial charge in [0, 0.05) is 6.54 Å². The summed E-state index contributed by atoms with van der Waals surface area (Å²) in [5, 5.41) is 11.6. The molecule has 3 nitrogen and oxygen atoms in total. The van der Waals surface area contributed by atoms with Gasteiger partial charge in [-0.15, -0.1) is 0 Å². The van der Waals surface area contributed by atoms with Gasteiger partial charge in [-0.1, -0.05) is 74.5 Å².